The highest BCUT2D eigenvalue weighted by Crippen LogP contribution is 2.27. The second-order valence-electron chi connectivity index (χ2n) is 7.02. The van der Waals surface area contributed by atoms with Gasteiger partial charge in [0, 0.05) is 27.5 Å². The zero-order valence-corrected chi connectivity index (χ0v) is 18.0. The van der Waals surface area contributed by atoms with Crippen molar-refractivity contribution in [1.29, 1.82) is 0 Å². The summed E-state index contributed by atoms with van der Waals surface area (Å²) >= 11 is 13.6. The van der Waals surface area contributed by atoms with Crippen LogP contribution in [-0.4, -0.2) is 17.5 Å². The second-order valence-corrected chi connectivity index (χ2v) is 8.98. The van der Waals surface area contributed by atoms with E-state index < -0.39 is 0 Å². The molecular weight excluding hydrogens is 427 g/mol. The van der Waals surface area contributed by atoms with Crippen LogP contribution >= 0.6 is 34.5 Å². The molecular formula is C22H20Cl2N2O2S. The molecule has 3 aromatic rings. The minimum Gasteiger partial charge on any atom is -0.484 e. The zero-order valence-electron chi connectivity index (χ0n) is 15.7. The van der Waals surface area contributed by atoms with Gasteiger partial charge in [0.05, 0.1) is 0 Å². The summed E-state index contributed by atoms with van der Waals surface area (Å²) in [5.41, 5.74) is 3.69. The molecule has 0 fully saturated rings. The molecule has 0 saturated heterocycles. The maximum atomic E-state index is 12.2. The number of halogens is 2. The van der Waals surface area contributed by atoms with Crippen molar-refractivity contribution in [1.82, 2.24) is 4.98 Å². The molecule has 29 heavy (non-hydrogen) atoms. The number of nitrogens with zero attached hydrogens (tertiary/aromatic N) is 1. The normalized spacial score (nSPS) is 13.0. The van der Waals surface area contributed by atoms with Crippen LogP contribution in [0, 0.1) is 0 Å². The predicted octanol–water partition coefficient (Wildman–Crippen LogP) is 5.94. The Morgan fingerprint density at radius 2 is 1.93 bits per heavy atom. The monoisotopic (exact) mass is 446 g/mol. The quantitative estimate of drug-likeness (QED) is 0.509. The van der Waals surface area contributed by atoms with Gasteiger partial charge in [0.2, 0.25) is 0 Å². The SMILES string of the molecule is O=C(COc1ccc2c(c1)CCCC2)Nc1ncc(Cc2ccc(Cl)cc2Cl)s1. The number of rotatable bonds is 6. The van der Waals surface area contributed by atoms with Crippen LogP contribution in [0.25, 0.3) is 0 Å². The summed E-state index contributed by atoms with van der Waals surface area (Å²) in [7, 11) is 0. The lowest BCUT2D eigenvalue weighted by atomic mass is 9.92. The van der Waals surface area contributed by atoms with E-state index in [-0.39, 0.29) is 12.5 Å². The first kappa shape index (κ1) is 20.2. The van der Waals surface area contributed by atoms with E-state index in [1.165, 1.54) is 35.3 Å². The number of thiazole rings is 1. The van der Waals surface area contributed by atoms with Crippen molar-refractivity contribution in [3.8, 4) is 5.75 Å². The number of hydrogen-bond acceptors (Lipinski definition) is 4. The number of anilines is 1. The highest BCUT2D eigenvalue weighted by molar-refractivity contribution is 7.15. The van der Waals surface area contributed by atoms with Crippen LogP contribution in [0.1, 0.15) is 34.4 Å². The Morgan fingerprint density at radius 1 is 1.10 bits per heavy atom. The van der Waals surface area contributed by atoms with E-state index in [0.717, 1.165) is 29.0 Å². The molecule has 0 spiro atoms. The summed E-state index contributed by atoms with van der Waals surface area (Å²) in [6.07, 6.45) is 7.05. The third kappa shape index (κ3) is 5.30. The largest absolute Gasteiger partial charge is 0.484 e. The highest BCUT2D eigenvalue weighted by Gasteiger charge is 2.12. The number of ether oxygens (including phenoxy) is 1. The molecule has 1 amide bonds. The van der Waals surface area contributed by atoms with Crippen molar-refractivity contribution in [3.63, 3.8) is 0 Å². The van der Waals surface area contributed by atoms with Crippen molar-refractivity contribution in [3.05, 3.63) is 74.2 Å². The number of aryl methyl sites for hydroxylation is 2. The number of aromatic nitrogens is 1. The van der Waals surface area contributed by atoms with Gasteiger partial charge in [0.1, 0.15) is 5.75 Å². The van der Waals surface area contributed by atoms with E-state index in [0.29, 0.717) is 21.6 Å². The van der Waals surface area contributed by atoms with Gasteiger partial charge in [-0.1, -0.05) is 35.3 Å². The Bertz CT molecular complexity index is 1040. The molecule has 150 valence electrons. The van der Waals surface area contributed by atoms with Gasteiger partial charge in [0.15, 0.2) is 11.7 Å². The third-order valence-corrected chi connectivity index (χ3v) is 6.37. The average molecular weight is 447 g/mol. The van der Waals surface area contributed by atoms with Crippen molar-refractivity contribution >= 4 is 45.6 Å². The van der Waals surface area contributed by atoms with Crippen LogP contribution in [0.15, 0.2) is 42.6 Å². The Balaban J connectivity index is 1.31. The van der Waals surface area contributed by atoms with Crippen LogP contribution < -0.4 is 10.1 Å². The molecule has 0 radical (unpaired) electrons. The fourth-order valence-corrected chi connectivity index (χ4v) is 4.73. The van der Waals surface area contributed by atoms with Crippen LogP contribution in [-0.2, 0) is 24.1 Å². The number of carbonyl (C=O) groups excluding carboxylic acids is 1. The molecule has 1 aliphatic rings. The van der Waals surface area contributed by atoms with E-state index >= 15 is 0 Å². The Kier molecular flexibility index (Phi) is 6.38. The molecule has 1 N–H and O–H groups in total. The maximum Gasteiger partial charge on any atom is 0.264 e. The lowest BCUT2D eigenvalue weighted by Gasteiger charge is -2.16. The summed E-state index contributed by atoms with van der Waals surface area (Å²) < 4.78 is 5.67. The summed E-state index contributed by atoms with van der Waals surface area (Å²) in [6, 6.07) is 11.5. The van der Waals surface area contributed by atoms with E-state index in [2.05, 4.69) is 22.4 Å². The average Bonchev–Trinajstić information content (AvgIpc) is 3.15. The highest BCUT2D eigenvalue weighted by atomic mass is 35.5. The number of amides is 1. The molecule has 4 rings (SSSR count). The first-order valence-electron chi connectivity index (χ1n) is 9.50. The third-order valence-electron chi connectivity index (χ3n) is 4.87. The molecule has 0 aliphatic heterocycles. The molecule has 0 atom stereocenters. The molecule has 0 unspecified atom stereocenters. The Morgan fingerprint density at radius 3 is 2.76 bits per heavy atom. The second kappa shape index (κ2) is 9.16. The van der Waals surface area contributed by atoms with Gasteiger partial charge in [-0.3, -0.25) is 10.1 Å². The molecule has 2 aromatic carbocycles. The maximum absolute atomic E-state index is 12.2. The van der Waals surface area contributed by atoms with E-state index in [9.17, 15) is 4.79 Å². The predicted molar refractivity (Wildman–Crippen MR) is 119 cm³/mol. The first-order valence-corrected chi connectivity index (χ1v) is 11.1. The standard InChI is InChI=1S/C22H20Cl2N2O2S/c23-17-7-5-16(20(24)11-17)10-19-12-25-22(29-19)26-21(27)13-28-18-8-6-14-3-1-2-4-15(14)9-18/h5-9,11-12H,1-4,10,13H2,(H,25,26,27). The van der Waals surface area contributed by atoms with Crippen LogP contribution in [0.3, 0.4) is 0 Å². The van der Waals surface area contributed by atoms with Gasteiger partial charge in [-0.2, -0.15) is 0 Å². The van der Waals surface area contributed by atoms with Crippen molar-refractivity contribution < 1.29 is 9.53 Å². The summed E-state index contributed by atoms with van der Waals surface area (Å²) in [4.78, 5) is 17.5. The van der Waals surface area contributed by atoms with Crippen molar-refractivity contribution in [2.45, 2.75) is 32.1 Å². The minimum absolute atomic E-state index is 0.0449. The Hall–Kier alpha value is -2.08. The van der Waals surface area contributed by atoms with E-state index in [4.69, 9.17) is 27.9 Å². The van der Waals surface area contributed by atoms with Gasteiger partial charge in [-0.25, -0.2) is 4.98 Å². The fourth-order valence-electron chi connectivity index (χ4n) is 3.40. The van der Waals surface area contributed by atoms with Gasteiger partial charge in [-0.15, -0.1) is 11.3 Å². The zero-order chi connectivity index (χ0) is 20.2. The minimum atomic E-state index is -0.229. The van der Waals surface area contributed by atoms with Gasteiger partial charge in [-0.05, 0) is 66.6 Å². The van der Waals surface area contributed by atoms with E-state index in [1.807, 2.05) is 18.2 Å². The lowest BCUT2D eigenvalue weighted by molar-refractivity contribution is -0.118. The topological polar surface area (TPSA) is 51.2 Å². The lowest BCUT2D eigenvalue weighted by Crippen LogP contribution is -2.20. The molecule has 7 heteroatoms. The summed E-state index contributed by atoms with van der Waals surface area (Å²) in [6.45, 7) is -0.0449. The molecule has 1 aromatic heterocycles. The fraction of sp³-hybridized carbons (Fsp3) is 0.273. The van der Waals surface area contributed by atoms with Crippen molar-refractivity contribution in [2.75, 3.05) is 11.9 Å². The van der Waals surface area contributed by atoms with Gasteiger partial charge in [0.25, 0.3) is 5.91 Å². The molecule has 0 bridgehead atoms. The van der Waals surface area contributed by atoms with Gasteiger partial charge >= 0.3 is 0 Å². The number of carbonyl (C=O) groups is 1. The number of nitrogens with one attached hydrogen (secondary N) is 1. The molecule has 1 aliphatic carbocycles. The molecule has 1 heterocycles. The van der Waals surface area contributed by atoms with Crippen LogP contribution in [0.5, 0.6) is 5.75 Å². The molecule has 4 nitrogen and oxygen atoms in total. The van der Waals surface area contributed by atoms with Crippen LogP contribution in [0.2, 0.25) is 10.0 Å². The number of fused-ring (bicyclic) bond motifs is 1. The van der Waals surface area contributed by atoms with E-state index in [1.54, 1.807) is 12.3 Å². The number of benzene rings is 2. The van der Waals surface area contributed by atoms with Crippen molar-refractivity contribution in [2.24, 2.45) is 0 Å². The molecule has 0 saturated carbocycles. The smallest absolute Gasteiger partial charge is 0.264 e. The number of hydrogen-bond donors (Lipinski definition) is 1. The Labute approximate surface area is 183 Å². The summed E-state index contributed by atoms with van der Waals surface area (Å²) in [5, 5.41) is 4.57. The summed E-state index contributed by atoms with van der Waals surface area (Å²) in [5.74, 6) is 0.506. The van der Waals surface area contributed by atoms with Crippen LogP contribution in [0.4, 0.5) is 5.13 Å². The van der Waals surface area contributed by atoms with Gasteiger partial charge < -0.3 is 4.74 Å². The first-order chi connectivity index (χ1) is 14.1.